The number of hydrogen-bond acceptors (Lipinski definition) is 3. The Morgan fingerprint density at radius 2 is 2.39 bits per heavy atom. The number of nitrogens with zero attached hydrogens (tertiary/aromatic N) is 2. The minimum absolute atomic E-state index is 0.0547. The van der Waals surface area contributed by atoms with Crippen LogP contribution in [0.1, 0.15) is 39.3 Å². The molecule has 1 N–H and O–H groups in total. The van der Waals surface area contributed by atoms with Crippen molar-refractivity contribution in [3.8, 4) is 0 Å². The molecule has 4 heteroatoms. The number of ether oxygens (including phenoxy) is 1. The highest BCUT2D eigenvalue weighted by atomic mass is 16.5. The van der Waals surface area contributed by atoms with E-state index in [0.717, 1.165) is 44.6 Å². The van der Waals surface area contributed by atoms with Crippen LogP contribution in [-0.4, -0.2) is 34.3 Å². The van der Waals surface area contributed by atoms with Gasteiger partial charge < -0.3 is 14.6 Å². The summed E-state index contributed by atoms with van der Waals surface area (Å²) < 4.78 is 8.16. The van der Waals surface area contributed by atoms with Crippen LogP contribution in [0.4, 0.5) is 0 Å². The molecule has 1 aliphatic rings. The monoisotopic (exact) mass is 251 g/mol. The highest BCUT2D eigenvalue weighted by molar-refractivity contribution is 4.98. The average Bonchev–Trinajstić information content (AvgIpc) is 2.87. The first-order chi connectivity index (χ1) is 8.59. The van der Waals surface area contributed by atoms with E-state index in [1.807, 2.05) is 6.33 Å². The first-order valence-electron chi connectivity index (χ1n) is 6.98. The third-order valence-corrected chi connectivity index (χ3v) is 3.46. The molecule has 1 aromatic heterocycles. The van der Waals surface area contributed by atoms with Crippen molar-refractivity contribution in [1.29, 1.82) is 0 Å². The molecule has 1 atom stereocenters. The number of imidazole rings is 1. The maximum atomic E-state index is 6.00. The second kappa shape index (κ2) is 5.85. The lowest BCUT2D eigenvalue weighted by Gasteiger charge is -2.19. The van der Waals surface area contributed by atoms with E-state index in [9.17, 15) is 0 Å². The van der Waals surface area contributed by atoms with Gasteiger partial charge in [0.25, 0.3) is 0 Å². The third-order valence-electron chi connectivity index (χ3n) is 3.46. The van der Waals surface area contributed by atoms with Gasteiger partial charge in [-0.25, -0.2) is 4.98 Å². The van der Waals surface area contributed by atoms with Crippen LogP contribution >= 0.6 is 0 Å². The van der Waals surface area contributed by atoms with Gasteiger partial charge in [0, 0.05) is 25.7 Å². The highest BCUT2D eigenvalue weighted by Crippen LogP contribution is 2.30. The van der Waals surface area contributed by atoms with Crippen molar-refractivity contribution in [2.24, 2.45) is 0 Å². The molecule has 0 aromatic carbocycles. The molecule has 0 aliphatic carbocycles. The molecule has 18 heavy (non-hydrogen) atoms. The number of rotatable bonds is 6. The molecule has 0 bridgehead atoms. The molecule has 0 spiro atoms. The summed E-state index contributed by atoms with van der Waals surface area (Å²) in [4.78, 5) is 4.43. The van der Waals surface area contributed by atoms with Gasteiger partial charge in [-0.1, -0.05) is 6.92 Å². The van der Waals surface area contributed by atoms with Crippen LogP contribution in [0.5, 0.6) is 0 Å². The van der Waals surface area contributed by atoms with Gasteiger partial charge in [-0.05, 0) is 33.2 Å². The van der Waals surface area contributed by atoms with E-state index in [2.05, 4.69) is 41.8 Å². The third kappa shape index (κ3) is 3.82. The zero-order valence-electron chi connectivity index (χ0n) is 11.8. The van der Waals surface area contributed by atoms with E-state index >= 15 is 0 Å². The smallest absolute Gasteiger partial charge is 0.0950 e. The highest BCUT2D eigenvalue weighted by Gasteiger charge is 2.31. The minimum Gasteiger partial charge on any atom is -0.370 e. The predicted octanol–water partition coefficient (Wildman–Crippen LogP) is 1.99. The fourth-order valence-electron chi connectivity index (χ4n) is 2.47. The fraction of sp³-hybridized carbons (Fsp3) is 0.786. The Kier molecular flexibility index (Phi) is 4.40. The zero-order valence-corrected chi connectivity index (χ0v) is 11.8. The maximum absolute atomic E-state index is 6.00. The van der Waals surface area contributed by atoms with Gasteiger partial charge >= 0.3 is 0 Å². The summed E-state index contributed by atoms with van der Waals surface area (Å²) in [5, 5.41) is 3.32. The predicted molar refractivity (Wildman–Crippen MR) is 72.7 cm³/mol. The Hall–Kier alpha value is -0.870. The van der Waals surface area contributed by atoms with E-state index < -0.39 is 0 Å². The van der Waals surface area contributed by atoms with Crippen molar-refractivity contribution in [2.75, 3.05) is 13.1 Å². The normalized spacial score (nSPS) is 22.5. The van der Waals surface area contributed by atoms with Crippen molar-refractivity contribution in [2.45, 2.75) is 58.3 Å². The Labute approximate surface area is 110 Å². The van der Waals surface area contributed by atoms with Crippen molar-refractivity contribution in [1.82, 2.24) is 14.9 Å². The van der Waals surface area contributed by atoms with Gasteiger partial charge in [0.1, 0.15) is 0 Å². The molecule has 2 rings (SSSR count). The largest absolute Gasteiger partial charge is 0.370 e. The molecule has 4 nitrogen and oxygen atoms in total. The van der Waals surface area contributed by atoms with Crippen LogP contribution in [0.25, 0.3) is 0 Å². The molecule has 1 aromatic rings. The van der Waals surface area contributed by atoms with Crippen LogP contribution < -0.4 is 5.32 Å². The van der Waals surface area contributed by atoms with Crippen molar-refractivity contribution < 1.29 is 4.74 Å². The molecule has 1 aliphatic heterocycles. The van der Waals surface area contributed by atoms with Gasteiger partial charge in [-0.15, -0.1) is 0 Å². The molecular weight excluding hydrogens is 226 g/mol. The molecule has 102 valence electrons. The molecule has 1 unspecified atom stereocenters. The van der Waals surface area contributed by atoms with E-state index in [0.29, 0.717) is 6.10 Å². The van der Waals surface area contributed by atoms with E-state index in [1.54, 1.807) is 0 Å². The summed E-state index contributed by atoms with van der Waals surface area (Å²) >= 11 is 0. The van der Waals surface area contributed by atoms with Crippen LogP contribution in [-0.2, 0) is 17.7 Å². The minimum atomic E-state index is 0.0547. The number of hydrogen-bond donors (Lipinski definition) is 1. The Bertz CT molecular complexity index is 373. The van der Waals surface area contributed by atoms with Crippen LogP contribution in [0.15, 0.2) is 12.5 Å². The van der Waals surface area contributed by atoms with Crippen molar-refractivity contribution in [3.63, 3.8) is 0 Å². The molecular formula is C14H25N3O. The molecule has 2 heterocycles. The van der Waals surface area contributed by atoms with Gasteiger partial charge in [0.05, 0.1) is 23.7 Å². The number of nitrogens with one attached hydrogen (secondary N) is 1. The van der Waals surface area contributed by atoms with Crippen LogP contribution in [0.3, 0.4) is 0 Å². The molecule has 0 radical (unpaired) electrons. The summed E-state index contributed by atoms with van der Waals surface area (Å²) in [6.45, 7) is 9.41. The second-order valence-corrected chi connectivity index (χ2v) is 5.70. The molecule has 1 saturated heterocycles. The van der Waals surface area contributed by atoms with E-state index in [1.165, 1.54) is 0 Å². The summed E-state index contributed by atoms with van der Waals surface area (Å²) in [6.07, 6.45) is 7.72. The maximum Gasteiger partial charge on any atom is 0.0950 e. The Balaban J connectivity index is 1.80. The topological polar surface area (TPSA) is 39.1 Å². The van der Waals surface area contributed by atoms with Crippen LogP contribution in [0, 0.1) is 0 Å². The van der Waals surface area contributed by atoms with Crippen LogP contribution in [0.2, 0.25) is 0 Å². The Morgan fingerprint density at radius 1 is 1.56 bits per heavy atom. The van der Waals surface area contributed by atoms with E-state index in [-0.39, 0.29) is 5.60 Å². The molecule has 1 fully saturated rings. The summed E-state index contributed by atoms with van der Waals surface area (Å²) in [6, 6.07) is 0. The fourth-order valence-corrected chi connectivity index (χ4v) is 2.47. The SMILES string of the molecule is CCNCCc1cn(CC2CCC(C)(C)O2)cn1. The summed E-state index contributed by atoms with van der Waals surface area (Å²) in [5.41, 5.74) is 1.22. The number of likely N-dealkylation sites (N-methyl/N-ethyl adjacent to an activating group) is 1. The first-order valence-corrected chi connectivity index (χ1v) is 6.98. The first kappa shape index (κ1) is 13.6. The van der Waals surface area contributed by atoms with Gasteiger partial charge in [-0.2, -0.15) is 0 Å². The average molecular weight is 251 g/mol. The van der Waals surface area contributed by atoms with Crippen molar-refractivity contribution >= 4 is 0 Å². The van der Waals surface area contributed by atoms with Gasteiger partial charge in [0.2, 0.25) is 0 Å². The standard InChI is InChI=1S/C14H25N3O/c1-4-15-8-6-12-9-17(11-16-12)10-13-5-7-14(2,3)18-13/h9,11,13,15H,4-8,10H2,1-3H3. The Morgan fingerprint density at radius 3 is 3.06 bits per heavy atom. The van der Waals surface area contributed by atoms with Gasteiger partial charge in [0.15, 0.2) is 0 Å². The van der Waals surface area contributed by atoms with Gasteiger partial charge in [-0.3, -0.25) is 0 Å². The summed E-state index contributed by atoms with van der Waals surface area (Å²) in [7, 11) is 0. The zero-order chi connectivity index (χ0) is 13.0. The van der Waals surface area contributed by atoms with E-state index in [4.69, 9.17) is 4.74 Å². The lowest BCUT2D eigenvalue weighted by Crippen LogP contribution is -2.22. The second-order valence-electron chi connectivity index (χ2n) is 5.70. The lowest BCUT2D eigenvalue weighted by atomic mass is 10.1. The van der Waals surface area contributed by atoms with Crippen molar-refractivity contribution in [3.05, 3.63) is 18.2 Å². The molecule has 0 saturated carbocycles. The summed E-state index contributed by atoms with van der Waals surface area (Å²) in [5.74, 6) is 0. The number of aromatic nitrogens is 2. The lowest BCUT2D eigenvalue weighted by molar-refractivity contribution is -0.0217. The quantitative estimate of drug-likeness (QED) is 0.786. The molecule has 0 amide bonds.